The summed E-state index contributed by atoms with van der Waals surface area (Å²) in [5, 5.41) is 7.44. The molecule has 1 amide bonds. The van der Waals surface area contributed by atoms with Gasteiger partial charge in [0, 0.05) is 20.2 Å². The number of benzene rings is 1. The standard InChI is InChI=1S/C21H19N5O2/c1-25(2)20-11-10-15(14-22-20)23-21(27)18-13-17(19-9-6-12-28-19)24-26(18)16-7-4-3-5-8-16/h3-14H,1-2H3,(H,23,27). The molecule has 3 heterocycles. The molecular formula is C21H19N5O2. The molecule has 0 aliphatic rings. The van der Waals surface area contributed by atoms with Gasteiger partial charge in [0.05, 0.1) is 23.8 Å². The van der Waals surface area contributed by atoms with E-state index < -0.39 is 0 Å². The van der Waals surface area contributed by atoms with Crippen LogP contribution in [0, 0.1) is 0 Å². The predicted molar refractivity (Wildman–Crippen MR) is 108 cm³/mol. The fraction of sp³-hybridized carbons (Fsp3) is 0.0952. The van der Waals surface area contributed by atoms with Crippen LogP contribution in [0.5, 0.6) is 0 Å². The second-order valence-electron chi connectivity index (χ2n) is 6.39. The number of anilines is 2. The van der Waals surface area contributed by atoms with Gasteiger partial charge in [-0.3, -0.25) is 4.79 Å². The maximum Gasteiger partial charge on any atom is 0.274 e. The van der Waals surface area contributed by atoms with Crippen molar-refractivity contribution < 1.29 is 9.21 Å². The summed E-state index contributed by atoms with van der Waals surface area (Å²) < 4.78 is 7.04. The third-order valence-electron chi connectivity index (χ3n) is 4.18. The number of carbonyl (C=O) groups excluding carboxylic acids is 1. The third kappa shape index (κ3) is 3.50. The van der Waals surface area contributed by atoms with Crippen molar-refractivity contribution >= 4 is 17.4 Å². The number of rotatable bonds is 5. The van der Waals surface area contributed by atoms with Crippen molar-refractivity contribution in [2.45, 2.75) is 0 Å². The summed E-state index contributed by atoms with van der Waals surface area (Å²) in [6.45, 7) is 0. The quantitative estimate of drug-likeness (QED) is 0.575. The Morgan fingerprint density at radius 3 is 2.54 bits per heavy atom. The molecule has 0 bridgehead atoms. The van der Waals surface area contributed by atoms with Crippen molar-refractivity contribution in [2.24, 2.45) is 0 Å². The highest BCUT2D eigenvalue weighted by Crippen LogP contribution is 2.23. The van der Waals surface area contributed by atoms with Crippen LogP contribution >= 0.6 is 0 Å². The molecule has 0 radical (unpaired) electrons. The van der Waals surface area contributed by atoms with Crippen LogP contribution in [0.15, 0.2) is 77.5 Å². The van der Waals surface area contributed by atoms with E-state index in [0.29, 0.717) is 22.8 Å². The normalized spacial score (nSPS) is 10.6. The fourth-order valence-electron chi connectivity index (χ4n) is 2.77. The minimum atomic E-state index is -0.284. The van der Waals surface area contributed by atoms with Crippen molar-refractivity contribution in [3.8, 4) is 17.1 Å². The average Bonchev–Trinajstić information content (AvgIpc) is 3.39. The van der Waals surface area contributed by atoms with Crippen molar-refractivity contribution in [1.82, 2.24) is 14.8 Å². The second kappa shape index (κ2) is 7.40. The summed E-state index contributed by atoms with van der Waals surface area (Å²) in [4.78, 5) is 19.2. The molecule has 0 atom stereocenters. The third-order valence-corrected chi connectivity index (χ3v) is 4.18. The molecule has 0 saturated carbocycles. The first-order valence-corrected chi connectivity index (χ1v) is 8.76. The molecule has 1 aromatic carbocycles. The first-order chi connectivity index (χ1) is 13.6. The summed E-state index contributed by atoms with van der Waals surface area (Å²) >= 11 is 0. The number of pyridine rings is 1. The largest absolute Gasteiger partial charge is 0.463 e. The number of furan rings is 1. The van der Waals surface area contributed by atoms with Crippen LogP contribution in [0.25, 0.3) is 17.1 Å². The second-order valence-corrected chi connectivity index (χ2v) is 6.39. The smallest absolute Gasteiger partial charge is 0.274 e. The molecule has 0 unspecified atom stereocenters. The Balaban J connectivity index is 1.68. The highest BCUT2D eigenvalue weighted by molar-refractivity contribution is 6.04. The zero-order valence-corrected chi connectivity index (χ0v) is 15.5. The fourth-order valence-corrected chi connectivity index (χ4v) is 2.77. The number of carbonyl (C=O) groups is 1. The lowest BCUT2D eigenvalue weighted by atomic mass is 10.2. The van der Waals surface area contributed by atoms with E-state index in [4.69, 9.17) is 4.42 Å². The first kappa shape index (κ1) is 17.5. The van der Waals surface area contributed by atoms with E-state index in [2.05, 4.69) is 15.4 Å². The molecule has 4 rings (SSSR count). The zero-order chi connectivity index (χ0) is 19.5. The number of hydrogen-bond donors (Lipinski definition) is 1. The molecule has 28 heavy (non-hydrogen) atoms. The van der Waals surface area contributed by atoms with Gasteiger partial charge in [0.25, 0.3) is 5.91 Å². The highest BCUT2D eigenvalue weighted by atomic mass is 16.3. The van der Waals surface area contributed by atoms with Crippen molar-refractivity contribution in [3.63, 3.8) is 0 Å². The zero-order valence-electron chi connectivity index (χ0n) is 15.5. The molecule has 7 heteroatoms. The predicted octanol–water partition coefficient (Wildman–Crippen LogP) is 3.85. The summed E-state index contributed by atoms with van der Waals surface area (Å²) in [5.41, 5.74) is 2.37. The van der Waals surface area contributed by atoms with E-state index in [1.54, 1.807) is 29.3 Å². The van der Waals surface area contributed by atoms with Crippen LogP contribution < -0.4 is 10.2 Å². The lowest BCUT2D eigenvalue weighted by molar-refractivity contribution is 0.101. The molecule has 0 aliphatic heterocycles. The SMILES string of the molecule is CN(C)c1ccc(NC(=O)c2cc(-c3ccco3)nn2-c2ccccc2)cn1. The maximum absolute atomic E-state index is 13.0. The first-order valence-electron chi connectivity index (χ1n) is 8.76. The van der Waals surface area contributed by atoms with Gasteiger partial charge in [-0.05, 0) is 36.4 Å². The van der Waals surface area contributed by atoms with E-state index in [1.807, 2.05) is 67.5 Å². The summed E-state index contributed by atoms with van der Waals surface area (Å²) in [5.74, 6) is 1.13. The van der Waals surface area contributed by atoms with Crippen molar-refractivity contribution in [2.75, 3.05) is 24.3 Å². The Morgan fingerprint density at radius 2 is 1.89 bits per heavy atom. The Hall–Kier alpha value is -3.87. The van der Waals surface area contributed by atoms with Gasteiger partial charge in [-0.2, -0.15) is 5.10 Å². The van der Waals surface area contributed by atoms with Crippen LogP contribution in [0.4, 0.5) is 11.5 Å². The van der Waals surface area contributed by atoms with Crippen LogP contribution in [0.2, 0.25) is 0 Å². The van der Waals surface area contributed by atoms with Crippen LogP contribution in [0.1, 0.15) is 10.5 Å². The van der Waals surface area contributed by atoms with Gasteiger partial charge in [-0.1, -0.05) is 18.2 Å². The van der Waals surface area contributed by atoms with E-state index in [0.717, 1.165) is 11.5 Å². The summed E-state index contributed by atoms with van der Waals surface area (Å²) in [7, 11) is 3.82. The molecule has 7 nitrogen and oxygen atoms in total. The Morgan fingerprint density at radius 1 is 1.07 bits per heavy atom. The minimum Gasteiger partial charge on any atom is -0.463 e. The molecule has 0 aliphatic carbocycles. The number of hydrogen-bond acceptors (Lipinski definition) is 5. The molecule has 140 valence electrons. The average molecular weight is 373 g/mol. The van der Waals surface area contributed by atoms with Gasteiger partial charge in [0.1, 0.15) is 17.2 Å². The highest BCUT2D eigenvalue weighted by Gasteiger charge is 2.19. The molecule has 0 spiro atoms. The molecule has 0 saturated heterocycles. The molecule has 4 aromatic rings. The Bertz CT molecular complexity index is 1070. The number of nitrogens with one attached hydrogen (secondary N) is 1. The van der Waals surface area contributed by atoms with Gasteiger partial charge in [0.15, 0.2) is 5.76 Å². The van der Waals surface area contributed by atoms with Crippen LogP contribution in [-0.2, 0) is 0 Å². The summed E-state index contributed by atoms with van der Waals surface area (Å²) in [6, 6.07) is 18.5. The topological polar surface area (TPSA) is 76.2 Å². The lowest BCUT2D eigenvalue weighted by Gasteiger charge is -2.12. The maximum atomic E-state index is 13.0. The van der Waals surface area contributed by atoms with Gasteiger partial charge in [-0.15, -0.1) is 0 Å². The molecular weight excluding hydrogens is 354 g/mol. The van der Waals surface area contributed by atoms with E-state index in [-0.39, 0.29) is 5.91 Å². The minimum absolute atomic E-state index is 0.284. The number of nitrogens with zero attached hydrogens (tertiary/aromatic N) is 4. The van der Waals surface area contributed by atoms with Gasteiger partial charge in [0.2, 0.25) is 0 Å². The number of aromatic nitrogens is 3. The number of para-hydroxylation sites is 1. The summed E-state index contributed by atoms with van der Waals surface area (Å²) in [6.07, 6.45) is 3.21. The molecule has 0 fully saturated rings. The van der Waals surface area contributed by atoms with Crippen molar-refractivity contribution in [3.05, 3.63) is 78.8 Å². The van der Waals surface area contributed by atoms with Crippen molar-refractivity contribution in [1.29, 1.82) is 0 Å². The van der Waals surface area contributed by atoms with Crippen LogP contribution in [-0.4, -0.2) is 34.8 Å². The van der Waals surface area contributed by atoms with Crippen LogP contribution in [0.3, 0.4) is 0 Å². The van der Waals surface area contributed by atoms with Gasteiger partial charge < -0.3 is 14.6 Å². The van der Waals surface area contributed by atoms with E-state index in [1.165, 1.54) is 0 Å². The van der Waals surface area contributed by atoms with E-state index in [9.17, 15) is 4.79 Å². The Kier molecular flexibility index (Phi) is 4.63. The molecule has 3 aromatic heterocycles. The lowest BCUT2D eigenvalue weighted by Crippen LogP contribution is -2.17. The molecule has 1 N–H and O–H groups in total. The van der Waals surface area contributed by atoms with Gasteiger partial charge in [-0.25, -0.2) is 9.67 Å². The van der Waals surface area contributed by atoms with Gasteiger partial charge >= 0.3 is 0 Å². The number of amides is 1. The van der Waals surface area contributed by atoms with E-state index >= 15 is 0 Å². The monoisotopic (exact) mass is 373 g/mol. The Labute approximate surface area is 162 Å².